The molecular weight excluding hydrogens is 573 g/mol. The fourth-order valence-corrected chi connectivity index (χ4v) is 13.8. The Morgan fingerprint density at radius 2 is 0.842 bits per heavy atom. The standard InChI is InChI=1S/C24H30N2O8S4/c1-3-17-5-9-19(10-6-17)37(31,32)25-21-13-35(27,28)15-23(21)26(24-16-36(29,30)14-22(24)25)38(33,34)20-11-7-18(4-2)8-12-20/h5-12,21-24H,3-4,13-16H2,1-2H3/t21-,22-,23-,24+/m0/s1. The number of hydrogen-bond donors (Lipinski definition) is 0. The second-order valence-electron chi connectivity index (χ2n) is 10.1. The second kappa shape index (κ2) is 9.37. The van der Waals surface area contributed by atoms with Crippen LogP contribution >= 0.6 is 0 Å². The molecule has 4 atom stereocenters. The summed E-state index contributed by atoms with van der Waals surface area (Å²) in [4.78, 5) is -0.181. The molecule has 38 heavy (non-hydrogen) atoms. The minimum absolute atomic E-state index is 0.0905. The van der Waals surface area contributed by atoms with E-state index in [0.717, 1.165) is 19.7 Å². The highest BCUT2D eigenvalue weighted by Gasteiger charge is 2.63. The molecule has 208 valence electrons. The van der Waals surface area contributed by atoms with Crippen molar-refractivity contribution >= 4 is 39.7 Å². The van der Waals surface area contributed by atoms with Gasteiger partial charge in [0.2, 0.25) is 20.0 Å². The Morgan fingerprint density at radius 1 is 0.579 bits per heavy atom. The first-order valence-corrected chi connectivity index (χ1v) is 18.9. The van der Waals surface area contributed by atoms with E-state index in [1.807, 2.05) is 13.8 Å². The maximum atomic E-state index is 14.0. The Hall–Kier alpha value is -1.84. The normalized spacial score (nSPS) is 29.1. The summed E-state index contributed by atoms with van der Waals surface area (Å²) < 4.78 is 109. The summed E-state index contributed by atoms with van der Waals surface area (Å²) in [6, 6.07) is 7.27. The SMILES string of the molecule is CCc1ccc(S(=O)(=O)N2[C@@H]3CS(=O)(=O)C[C@@H]3N(S(=O)(=O)c3ccc(CC)cc3)[C@H]3CS(=O)(=O)C[C@@H]32)cc1. The lowest BCUT2D eigenvalue weighted by molar-refractivity contribution is 0.0841. The first kappa shape index (κ1) is 27.7. The molecule has 0 N–H and O–H groups in total. The maximum Gasteiger partial charge on any atom is 0.243 e. The molecule has 3 aliphatic heterocycles. The third-order valence-corrected chi connectivity index (χ3v) is 15.0. The highest BCUT2D eigenvalue weighted by molar-refractivity contribution is 7.93. The van der Waals surface area contributed by atoms with Crippen molar-refractivity contribution in [1.29, 1.82) is 0 Å². The van der Waals surface area contributed by atoms with Gasteiger partial charge >= 0.3 is 0 Å². The second-order valence-corrected chi connectivity index (χ2v) is 18.1. The quantitative estimate of drug-likeness (QED) is 0.473. The fourth-order valence-electron chi connectivity index (χ4n) is 5.84. The number of piperazine rings is 1. The van der Waals surface area contributed by atoms with Crippen LogP contribution in [-0.4, -0.2) is 89.5 Å². The van der Waals surface area contributed by atoms with E-state index >= 15 is 0 Å². The smallest absolute Gasteiger partial charge is 0.229 e. The van der Waals surface area contributed by atoms with Gasteiger partial charge in [0, 0.05) is 0 Å². The summed E-state index contributed by atoms with van der Waals surface area (Å²) in [5.74, 6) is -2.36. The van der Waals surface area contributed by atoms with Gasteiger partial charge in [-0.1, -0.05) is 38.1 Å². The van der Waals surface area contributed by atoms with Gasteiger partial charge in [-0.3, -0.25) is 0 Å². The van der Waals surface area contributed by atoms with Gasteiger partial charge in [0.05, 0.1) is 57.0 Å². The molecule has 0 bridgehead atoms. The molecular formula is C24H30N2O8S4. The summed E-state index contributed by atoms with van der Waals surface area (Å²) in [6.07, 6.45) is 1.37. The molecule has 3 heterocycles. The van der Waals surface area contributed by atoms with Crippen molar-refractivity contribution in [2.24, 2.45) is 0 Å². The highest BCUT2D eigenvalue weighted by atomic mass is 32.2. The van der Waals surface area contributed by atoms with Crippen molar-refractivity contribution in [3.63, 3.8) is 0 Å². The molecule has 14 heteroatoms. The predicted molar refractivity (Wildman–Crippen MR) is 142 cm³/mol. The molecule has 0 aromatic heterocycles. The van der Waals surface area contributed by atoms with E-state index in [9.17, 15) is 33.7 Å². The van der Waals surface area contributed by atoms with Crippen LogP contribution in [0.1, 0.15) is 25.0 Å². The van der Waals surface area contributed by atoms with Gasteiger partial charge in [-0.25, -0.2) is 33.7 Å². The van der Waals surface area contributed by atoms with Gasteiger partial charge in [0.15, 0.2) is 19.7 Å². The number of hydrogen-bond acceptors (Lipinski definition) is 8. The van der Waals surface area contributed by atoms with E-state index in [2.05, 4.69) is 0 Å². The molecule has 3 saturated heterocycles. The molecule has 0 amide bonds. The van der Waals surface area contributed by atoms with E-state index in [-0.39, 0.29) is 9.79 Å². The van der Waals surface area contributed by atoms with Gasteiger partial charge in [0.1, 0.15) is 0 Å². The Morgan fingerprint density at radius 3 is 1.08 bits per heavy atom. The average molecular weight is 603 g/mol. The van der Waals surface area contributed by atoms with E-state index in [1.54, 1.807) is 24.3 Å². The maximum absolute atomic E-state index is 14.0. The van der Waals surface area contributed by atoms with E-state index in [0.29, 0.717) is 12.8 Å². The zero-order chi connectivity index (χ0) is 27.7. The topological polar surface area (TPSA) is 143 Å². The molecule has 0 unspecified atom stereocenters. The lowest BCUT2D eigenvalue weighted by atomic mass is 10.0. The highest BCUT2D eigenvalue weighted by Crippen LogP contribution is 2.43. The molecule has 0 spiro atoms. The number of benzene rings is 2. The van der Waals surface area contributed by atoms with Crippen molar-refractivity contribution in [3.8, 4) is 0 Å². The van der Waals surface area contributed by atoms with Gasteiger partial charge < -0.3 is 0 Å². The number of sulfonamides is 2. The Kier molecular flexibility index (Phi) is 6.84. The van der Waals surface area contributed by atoms with Crippen LogP contribution < -0.4 is 0 Å². The number of nitrogens with zero attached hydrogens (tertiary/aromatic N) is 2. The van der Waals surface area contributed by atoms with Gasteiger partial charge in [-0.2, -0.15) is 8.61 Å². The minimum atomic E-state index is -4.36. The first-order chi connectivity index (χ1) is 17.7. The molecule has 2 aromatic carbocycles. The molecule has 5 rings (SSSR count). The zero-order valence-electron chi connectivity index (χ0n) is 21.0. The average Bonchev–Trinajstić information content (AvgIpc) is 3.34. The Balaban J connectivity index is 1.67. The summed E-state index contributed by atoms with van der Waals surface area (Å²) >= 11 is 0. The summed E-state index contributed by atoms with van der Waals surface area (Å²) in [5, 5.41) is 0. The van der Waals surface area contributed by atoms with Crippen molar-refractivity contribution < 1.29 is 33.7 Å². The Bertz CT molecular complexity index is 1500. The number of sulfone groups is 2. The van der Waals surface area contributed by atoms with E-state index in [1.165, 1.54) is 24.3 Å². The van der Waals surface area contributed by atoms with Crippen molar-refractivity contribution in [2.75, 3.05) is 23.0 Å². The molecule has 2 aromatic rings. The largest absolute Gasteiger partial charge is 0.243 e. The first-order valence-electron chi connectivity index (χ1n) is 12.4. The van der Waals surface area contributed by atoms with Gasteiger partial charge in [0.25, 0.3) is 0 Å². The lowest BCUT2D eigenvalue weighted by Crippen LogP contribution is -2.69. The van der Waals surface area contributed by atoms with Crippen LogP contribution in [0.4, 0.5) is 0 Å². The lowest BCUT2D eigenvalue weighted by Gasteiger charge is -2.49. The fraction of sp³-hybridized carbons (Fsp3) is 0.500. The van der Waals surface area contributed by atoms with Crippen LogP contribution in [0.5, 0.6) is 0 Å². The van der Waals surface area contributed by atoms with Crippen molar-refractivity contribution in [1.82, 2.24) is 8.61 Å². The number of fused-ring (bicyclic) bond motifs is 2. The van der Waals surface area contributed by atoms with Crippen LogP contribution in [0.25, 0.3) is 0 Å². The van der Waals surface area contributed by atoms with Crippen LogP contribution in [0.2, 0.25) is 0 Å². The van der Waals surface area contributed by atoms with Crippen LogP contribution in [0, 0.1) is 0 Å². The molecule has 0 saturated carbocycles. The zero-order valence-corrected chi connectivity index (χ0v) is 24.2. The summed E-state index contributed by atoms with van der Waals surface area (Å²) in [6.45, 7) is 3.84. The predicted octanol–water partition coefficient (Wildman–Crippen LogP) is 0.838. The van der Waals surface area contributed by atoms with Crippen LogP contribution in [0.3, 0.4) is 0 Å². The monoisotopic (exact) mass is 602 g/mol. The number of aryl methyl sites for hydroxylation is 2. The Labute approximate surface area is 224 Å². The third-order valence-electron chi connectivity index (χ3n) is 7.71. The molecule has 0 radical (unpaired) electrons. The van der Waals surface area contributed by atoms with E-state index < -0.39 is 86.9 Å². The van der Waals surface area contributed by atoms with Gasteiger partial charge in [-0.05, 0) is 48.2 Å². The van der Waals surface area contributed by atoms with E-state index in [4.69, 9.17) is 0 Å². The van der Waals surface area contributed by atoms with Crippen molar-refractivity contribution in [3.05, 3.63) is 59.7 Å². The number of rotatable bonds is 6. The third kappa shape index (κ3) is 4.62. The summed E-state index contributed by atoms with van der Waals surface area (Å²) in [5.41, 5.74) is 1.80. The molecule has 3 fully saturated rings. The summed E-state index contributed by atoms with van der Waals surface area (Å²) in [7, 11) is -16.4. The van der Waals surface area contributed by atoms with Crippen LogP contribution in [-0.2, 0) is 52.6 Å². The molecule has 0 aliphatic carbocycles. The van der Waals surface area contributed by atoms with Gasteiger partial charge in [-0.15, -0.1) is 0 Å². The van der Waals surface area contributed by atoms with Crippen LogP contribution in [0.15, 0.2) is 58.3 Å². The minimum Gasteiger partial charge on any atom is -0.229 e. The molecule has 3 aliphatic rings. The molecule has 10 nitrogen and oxygen atoms in total. The van der Waals surface area contributed by atoms with Crippen molar-refractivity contribution in [2.45, 2.75) is 60.6 Å².